The second-order valence-electron chi connectivity index (χ2n) is 5.42. The number of benzene rings is 1. The maximum atomic E-state index is 10.4. The zero-order chi connectivity index (χ0) is 15.0. The van der Waals surface area contributed by atoms with E-state index in [1.54, 1.807) is 13.4 Å². The molecule has 0 fully saturated rings. The van der Waals surface area contributed by atoms with Crippen molar-refractivity contribution in [3.05, 3.63) is 42.7 Å². The Morgan fingerprint density at radius 3 is 2.45 bits per heavy atom. The molecule has 1 rings (SSSR count). The lowest BCUT2D eigenvalue weighted by Crippen LogP contribution is -2.50. The molecule has 112 valence electrons. The Morgan fingerprint density at radius 1 is 1.25 bits per heavy atom. The summed E-state index contributed by atoms with van der Waals surface area (Å²) in [7, 11) is -0.241. The molecule has 0 spiro atoms. The average Bonchev–Trinajstić information content (AvgIpc) is 2.44. The molecule has 20 heavy (non-hydrogen) atoms. The Morgan fingerprint density at radius 2 is 1.90 bits per heavy atom. The number of methoxy groups -OCH3 is 1. The molecule has 4 heteroatoms. The van der Waals surface area contributed by atoms with Crippen LogP contribution in [0.25, 0.3) is 0 Å². The van der Waals surface area contributed by atoms with Gasteiger partial charge in [-0.1, -0.05) is 48.6 Å². The number of hydrogen-bond donors (Lipinski definition) is 1. The third kappa shape index (κ3) is 4.47. The quantitative estimate of drug-likeness (QED) is 0.591. The topological polar surface area (TPSA) is 38.7 Å². The third-order valence-electron chi connectivity index (χ3n) is 3.65. The SMILES string of the molecule is CCO/C=C\[C@H]([C@@H](O)COC)[Si](C)(C)c1ccccc1. The molecule has 0 aromatic heterocycles. The van der Waals surface area contributed by atoms with E-state index in [1.807, 2.05) is 19.1 Å². The molecule has 0 aliphatic rings. The van der Waals surface area contributed by atoms with Gasteiger partial charge in [-0.15, -0.1) is 0 Å². The third-order valence-corrected chi connectivity index (χ3v) is 7.72. The average molecular weight is 294 g/mol. The van der Waals surface area contributed by atoms with Crippen LogP contribution in [0.3, 0.4) is 0 Å². The summed E-state index contributed by atoms with van der Waals surface area (Å²) < 4.78 is 10.4. The Hall–Kier alpha value is -1.10. The van der Waals surface area contributed by atoms with Crippen LogP contribution in [0, 0.1) is 0 Å². The van der Waals surface area contributed by atoms with Gasteiger partial charge in [0.25, 0.3) is 0 Å². The van der Waals surface area contributed by atoms with Gasteiger partial charge in [-0.25, -0.2) is 0 Å². The van der Waals surface area contributed by atoms with Crippen molar-refractivity contribution in [1.82, 2.24) is 0 Å². The zero-order valence-electron chi connectivity index (χ0n) is 12.9. The van der Waals surface area contributed by atoms with Gasteiger partial charge in [0.15, 0.2) is 0 Å². The van der Waals surface area contributed by atoms with Crippen molar-refractivity contribution in [3.8, 4) is 0 Å². The molecule has 1 aromatic rings. The van der Waals surface area contributed by atoms with E-state index < -0.39 is 14.2 Å². The van der Waals surface area contributed by atoms with Crippen molar-refractivity contribution in [2.24, 2.45) is 0 Å². The predicted molar refractivity (Wildman–Crippen MR) is 86.0 cm³/mol. The maximum Gasteiger partial charge on any atom is 0.0904 e. The molecular formula is C16H26O3Si. The first-order chi connectivity index (χ1) is 9.54. The van der Waals surface area contributed by atoms with Crippen molar-refractivity contribution in [1.29, 1.82) is 0 Å². The van der Waals surface area contributed by atoms with Gasteiger partial charge in [-0.05, 0) is 13.0 Å². The smallest absolute Gasteiger partial charge is 0.0904 e. The Kier molecular flexibility index (Phi) is 6.99. The van der Waals surface area contributed by atoms with Crippen molar-refractivity contribution in [2.75, 3.05) is 20.3 Å². The molecule has 1 aromatic carbocycles. The minimum Gasteiger partial charge on any atom is -0.502 e. The van der Waals surface area contributed by atoms with E-state index >= 15 is 0 Å². The van der Waals surface area contributed by atoms with E-state index in [4.69, 9.17) is 9.47 Å². The molecule has 0 amide bonds. The lowest BCUT2D eigenvalue weighted by molar-refractivity contribution is 0.0652. The fraction of sp³-hybridized carbons (Fsp3) is 0.500. The van der Waals surface area contributed by atoms with Crippen molar-refractivity contribution >= 4 is 13.3 Å². The maximum absolute atomic E-state index is 10.4. The highest BCUT2D eigenvalue weighted by molar-refractivity contribution is 6.91. The van der Waals surface area contributed by atoms with Gasteiger partial charge in [-0.3, -0.25) is 0 Å². The van der Waals surface area contributed by atoms with E-state index in [0.717, 1.165) is 0 Å². The van der Waals surface area contributed by atoms with Gasteiger partial charge >= 0.3 is 0 Å². The molecule has 3 nitrogen and oxygen atoms in total. The predicted octanol–water partition coefficient (Wildman–Crippen LogP) is 2.53. The Bertz CT molecular complexity index is 403. The second kappa shape index (κ2) is 8.24. The lowest BCUT2D eigenvalue weighted by atomic mass is 10.2. The molecule has 0 saturated heterocycles. The summed E-state index contributed by atoms with van der Waals surface area (Å²) in [6.07, 6.45) is 3.19. The fourth-order valence-electron chi connectivity index (χ4n) is 2.42. The normalized spacial score (nSPS) is 15.2. The molecule has 0 unspecified atom stereocenters. The summed E-state index contributed by atoms with van der Waals surface area (Å²) in [5.74, 6) is 0. The molecule has 0 radical (unpaired) electrons. The standard InChI is InChI=1S/C16H26O3Si/c1-5-19-12-11-16(15(17)13-18-2)20(3,4)14-9-7-6-8-10-14/h6-12,15-17H,5,13H2,1-4H3/b12-11-/t15-,16+/m0/s1. The summed E-state index contributed by atoms with van der Waals surface area (Å²) in [5, 5.41) is 11.7. The molecule has 0 heterocycles. The minimum absolute atomic E-state index is 0.0522. The summed E-state index contributed by atoms with van der Waals surface area (Å²) in [4.78, 5) is 0. The summed E-state index contributed by atoms with van der Waals surface area (Å²) in [6.45, 7) is 7.45. The molecule has 0 aliphatic carbocycles. The van der Waals surface area contributed by atoms with Crippen LogP contribution in [0.15, 0.2) is 42.7 Å². The first-order valence-electron chi connectivity index (χ1n) is 7.04. The monoisotopic (exact) mass is 294 g/mol. The first kappa shape index (κ1) is 16.9. The van der Waals surface area contributed by atoms with E-state index in [1.165, 1.54) is 5.19 Å². The van der Waals surface area contributed by atoms with Crippen LogP contribution in [0.2, 0.25) is 18.6 Å². The van der Waals surface area contributed by atoms with Crippen LogP contribution in [-0.2, 0) is 9.47 Å². The van der Waals surface area contributed by atoms with Crippen LogP contribution in [0.1, 0.15) is 6.92 Å². The highest BCUT2D eigenvalue weighted by Gasteiger charge is 2.36. The highest BCUT2D eigenvalue weighted by atomic mass is 28.3. The van der Waals surface area contributed by atoms with Crippen LogP contribution >= 0.6 is 0 Å². The molecule has 0 bridgehead atoms. The largest absolute Gasteiger partial charge is 0.502 e. The van der Waals surface area contributed by atoms with Gasteiger partial charge < -0.3 is 14.6 Å². The number of rotatable bonds is 8. The summed E-state index contributed by atoms with van der Waals surface area (Å²) >= 11 is 0. The zero-order valence-corrected chi connectivity index (χ0v) is 13.9. The van der Waals surface area contributed by atoms with E-state index in [0.29, 0.717) is 13.2 Å². The number of ether oxygens (including phenoxy) is 2. The Balaban J connectivity index is 3.01. The van der Waals surface area contributed by atoms with Crippen LogP contribution in [0.4, 0.5) is 0 Å². The van der Waals surface area contributed by atoms with Crippen molar-refractivity contribution in [3.63, 3.8) is 0 Å². The first-order valence-corrected chi connectivity index (χ1v) is 10.1. The van der Waals surface area contributed by atoms with Gasteiger partial charge in [0.1, 0.15) is 0 Å². The second-order valence-corrected chi connectivity index (χ2v) is 10.1. The molecule has 0 saturated carbocycles. The van der Waals surface area contributed by atoms with E-state index in [2.05, 4.69) is 37.4 Å². The number of hydrogen-bond acceptors (Lipinski definition) is 3. The highest BCUT2D eigenvalue weighted by Crippen LogP contribution is 2.27. The Labute approximate surface area is 123 Å². The molecule has 1 N–H and O–H groups in total. The minimum atomic E-state index is -1.86. The van der Waals surface area contributed by atoms with Crippen molar-refractivity contribution in [2.45, 2.75) is 31.7 Å². The van der Waals surface area contributed by atoms with Gasteiger partial charge in [0.05, 0.1) is 33.7 Å². The van der Waals surface area contributed by atoms with E-state index in [-0.39, 0.29) is 5.54 Å². The van der Waals surface area contributed by atoms with Gasteiger partial charge in [0.2, 0.25) is 0 Å². The van der Waals surface area contributed by atoms with Crippen molar-refractivity contribution < 1.29 is 14.6 Å². The lowest BCUT2D eigenvalue weighted by Gasteiger charge is -2.34. The van der Waals surface area contributed by atoms with Crippen LogP contribution < -0.4 is 5.19 Å². The summed E-state index contributed by atoms with van der Waals surface area (Å²) in [5.41, 5.74) is 0.0522. The molecule has 2 atom stereocenters. The molecule has 0 aliphatic heterocycles. The molecular weight excluding hydrogens is 268 g/mol. The number of aliphatic hydroxyl groups excluding tert-OH is 1. The van der Waals surface area contributed by atoms with Gasteiger partial charge in [-0.2, -0.15) is 0 Å². The van der Waals surface area contributed by atoms with Crippen LogP contribution in [-0.4, -0.2) is 39.6 Å². The fourth-order valence-corrected chi connectivity index (χ4v) is 5.48. The summed E-state index contributed by atoms with van der Waals surface area (Å²) in [6, 6.07) is 10.4. The number of aliphatic hydroxyl groups is 1. The van der Waals surface area contributed by atoms with Gasteiger partial charge in [0, 0.05) is 12.7 Å². The van der Waals surface area contributed by atoms with E-state index in [9.17, 15) is 5.11 Å². The van der Waals surface area contributed by atoms with Crippen LogP contribution in [0.5, 0.6) is 0 Å².